The van der Waals surface area contributed by atoms with E-state index in [1.54, 1.807) is 0 Å². The van der Waals surface area contributed by atoms with Crippen molar-refractivity contribution in [3.63, 3.8) is 0 Å². The Balaban J connectivity index is 0.00000220. The third-order valence-corrected chi connectivity index (χ3v) is 5.28. The number of halogens is 4. The Kier molecular flexibility index (Phi) is 5.65. The maximum Gasteiger partial charge on any atom is 0.416 e. The smallest absolute Gasteiger partial charge is 0.330 e. The molecular formula is C12H16ClF3N2O2S. The van der Waals surface area contributed by atoms with E-state index in [1.807, 2.05) is 0 Å². The van der Waals surface area contributed by atoms with Crippen molar-refractivity contribution in [2.45, 2.75) is 17.5 Å². The number of alkyl halides is 3. The van der Waals surface area contributed by atoms with Crippen LogP contribution in [0.1, 0.15) is 12.0 Å². The lowest BCUT2D eigenvalue weighted by Gasteiger charge is -2.17. The van der Waals surface area contributed by atoms with Gasteiger partial charge >= 0.3 is 6.18 Å². The van der Waals surface area contributed by atoms with E-state index in [4.69, 9.17) is 5.73 Å². The molecule has 0 aromatic heterocycles. The molecule has 0 amide bonds. The van der Waals surface area contributed by atoms with Gasteiger partial charge in [0.25, 0.3) is 0 Å². The molecule has 0 spiro atoms. The second kappa shape index (κ2) is 6.51. The molecule has 1 aromatic rings. The van der Waals surface area contributed by atoms with Crippen molar-refractivity contribution in [3.8, 4) is 0 Å². The van der Waals surface area contributed by atoms with Crippen molar-refractivity contribution in [3.05, 3.63) is 29.8 Å². The molecule has 1 aromatic carbocycles. The average molecular weight is 345 g/mol. The summed E-state index contributed by atoms with van der Waals surface area (Å²) in [5.74, 6) is 0.110. The van der Waals surface area contributed by atoms with Gasteiger partial charge in [0.05, 0.1) is 10.5 Å². The summed E-state index contributed by atoms with van der Waals surface area (Å²) < 4.78 is 63.1. The maximum absolute atomic E-state index is 12.4. The number of nitrogens with zero attached hydrogens (tertiary/aromatic N) is 1. The molecule has 2 rings (SSSR count). The molecule has 1 aliphatic rings. The first-order valence-corrected chi connectivity index (χ1v) is 7.56. The Hall–Kier alpha value is -0.830. The van der Waals surface area contributed by atoms with Gasteiger partial charge in [-0.05, 0) is 43.1 Å². The van der Waals surface area contributed by atoms with Crippen LogP contribution in [0, 0.1) is 5.92 Å². The molecule has 120 valence electrons. The van der Waals surface area contributed by atoms with Gasteiger partial charge in [0.1, 0.15) is 0 Å². The van der Waals surface area contributed by atoms with E-state index in [2.05, 4.69) is 0 Å². The van der Waals surface area contributed by atoms with Crippen LogP contribution in [-0.4, -0.2) is 32.4 Å². The molecule has 2 N–H and O–H groups in total. The summed E-state index contributed by atoms with van der Waals surface area (Å²) >= 11 is 0. The first-order valence-electron chi connectivity index (χ1n) is 6.12. The van der Waals surface area contributed by atoms with Gasteiger partial charge in [0.15, 0.2) is 0 Å². The Labute approximate surface area is 127 Å². The van der Waals surface area contributed by atoms with Crippen LogP contribution in [-0.2, 0) is 16.2 Å². The predicted molar refractivity (Wildman–Crippen MR) is 74.6 cm³/mol. The van der Waals surface area contributed by atoms with E-state index in [9.17, 15) is 21.6 Å². The number of benzene rings is 1. The molecule has 0 saturated carbocycles. The molecule has 1 atom stereocenters. The molecule has 1 saturated heterocycles. The number of hydrogen-bond acceptors (Lipinski definition) is 3. The largest absolute Gasteiger partial charge is 0.416 e. The fourth-order valence-corrected chi connectivity index (χ4v) is 3.70. The molecule has 1 aliphatic heterocycles. The van der Waals surface area contributed by atoms with E-state index in [0.717, 1.165) is 24.3 Å². The average Bonchev–Trinajstić information content (AvgIpc) is 2.87. The summed E-state index contributed by atoms with van der Waals surface area (Å²) in [7, 11) is -3.73. The molecule has 1 heterocycles. The van der Waals surface area contributed by atoms with Crippen molar-refractivity contribution in [1.29, 1.82) is 0 Å². The number of sulfonamides is 1. The van der Waals surface area contributed by atoms with Crippen LogP contribution in [0.25, 0.3) is 0 Å². The number of hydrogen-bond donors (Lipinski definition) is 1. The van der Waals surface area contributed by atoms with E-state index in [-0.39, 0.29) is 23.2 Å². The first kappa shape index (κ1) is 18.2. The van der Waals surface area contributed by atoms with Crippen LogP contribution in [0.2, 0.25) is 0 Å². The first-order chi connectivity index (χ1) is 9.25. The third-order valence-electron chi connectivity index (χ3n) is 3.40. The van der Waals surface area contributed by atoms with Crippen molar-refractivity contribution in [2.75, 3.05) is 19.6 Å². The lowest BCUT2D eigenvalue weighted by molar-refractivity contribution is -0.137. The highest BCUT2D eigenvalue weighted by molar-refractivity contribution is 7.89. The van der Waals surface area contributed by atoms with Gasteiger partial charge in [-0.2, -0.15) is 17.5 Å². The summed E-state index contributed by atoms with van der Waals surface area (Å²) in [5.41, 5.74) is 4.64. The lowest BCUT2D eigenvalue weighted by Crippen LogP contribution is -2.30. The van der Waals surface area contributed by atoms with Gasteiger partial charge in [-0.25, -0.2) is 8.42 Å². The normalized spacial score (nSPS) is 20.3. The van der Waals surface area contributed by atoms with Crippen LogP contribution in [0.4, 0.5) is 13.2 Å². The van der Waals surface area contributed by atoms with Crippen LogP contribution in [0.5, 0.6) is 0 Å². The highest BCUT2D eigenvalue weighted by Crippen LogP contribution is 2.31. The van der Waals surface area contributed by atoms with E-state index in [1.165, 1.54) is 4.31 Å². The highest BCUT2D eigenvalue weighted by Gasteiger charge is 2.34. The molecule has 21 heavy (non-hydrogen) atoms. The minimum Gasteiger partial charge on any atom is -0.330 e. The predicted octanol–water partition coefficient (Wildman–Crippen LogP) is 2.10. The molecular weight excluding hydrogens is 329 g/mol. The maximum atomic E-state index is 12.4. The summed E-state index contributed by atoms with van der Waals surface area (Å²) in [6, 6.07) is 3.55. The standard InChI is InChI=1S/C12H15F3N2O2S.ClH/c13-12(14,15)10-1-3-11(4-2-10)20(18,19)17-6-5-9(7-16)8-17;/h1-4,9H,5-8,16H2;1H. The molecule has 1 fully saturated rings. The second-order valence-electron chi connectivity index (χ2n) is 4.78. The summed E-state index contributed by atoms with van der Waals surface area (Å²) in [4.78, 5) is -0.122. The lowest BCUT2D eigenvalue weighted by atomic mass is 10.1. The Morgan fingerprint density at radius 1 is 1.24 bits per heavy atom. The van der Waals surface area contributed by atoms with Crippen LogP contribution < -0.4 is 5.73 Å². The quantitative estimate of drug-likeness (QED) is 0.913. The summed E-state index contributed by atoms with van der Waals surface area (Å²) in [6.45, 7) is 1.07. The highest BCUT2D eigenvalue weighted by atomic mass is 35.5. The van der Waals surface area contributed by atoms with Gasteiger partial charge < -0.3 is 5.73 Å². The van der Waals surface area contributed by atoms with E-state index >= 15 is 0 Å². The van der Waals surface area contributed by atoms with E-state index in [0.29, 0.717) is 26.1 Å². The minimum atomic E-state index is -4.47. The van der Waals surface area contributed by atoms with Crippen molar-refractivity contribution in [1.82, 2.24) is 4.31 Å². The van der Waals surface area contributed by atoms with Crippen LogP contribution >= 0.6 is 12.4 Å². The Morgan fingerprint density at radius 2 is 1.81 bits per heavy atom. The zero-order chi connectivity index (χ0) is 15.0. The van der Waals surface area contributed by atoms with Gasteiger partial charge in [0.2, 0.25) is 10.0 Å². The topological polar surface area (TPSA) is 63.4 Å². The van der Waals surface area contributed by atoms with Crippen LogP contribution in [0.15, 0.2) is 29.2 Å². The molecule has 9 heteroatoms. The molecule has 1 unspecified atom stereocenters. The Morgan fingerprint density at radius 3 is 2.24 bits per heavy atom. The Bertz CT molecular complexity index is 575. The van der Waals surface area contributed by atoms with Crippen LogP contribution in [0.3, 0.4) is 0 Å². The number of nitrogens with two attached hydrogens (primary N) is 1. The van der Waals surface area contributed by atoms with Gasteiger partial charge in [-0.15, -0.1) is 12.4 Å². The fraction of sp³-hybridized carbons (Fsp3) is 0.500. The number of rotatable bonds is 3. The summed E-state index contributed by atoms with van der Waals surface area (Å²) in [6.07, 6.45) is -3.79. The second-order valence-corrected chi connectivity index (χ2v) is 6.71. The molecule has 0 radical (unpaired) electrons. The van der Waals surface area contributed by atoms with E-state index < -0.39 is 21.8 Å². The van der Waals surface area contributed by atoms with Crippen molar-refractivity contribution < 1.29 is 21.6 Å². The molecule has 0 aliphatic carbocycles. The zero-order valence-electron chi connectivity index (χ0n) is 11.0. The molecule has 4 nitrogen and oxygen atoms in total. The van der Waals surface area contributed by atoms with Crippen molar-refractivity contribution in [2.24, 2.45) is 11.7 Å². The fourth-order valence-electron chi connectivity index (χ4n) is 2.17. The van der Waals surface area contributed by atoms with Gasteiger partial charge in [-0.3, -0.25) is 0 Å². The minimum absolute atomic E-state index is 0. The van der Waals surface area contributed by atoms with Gasteiger partial charge in [0, 0.05) is 13.1 Å². The van der Waals surface area contributed by atoms with Gasteiger partial charge in [-0.1, -0.05) is 0 Å². The zero-order valence-corrected chi connectivity index (χ0v) is 12.6. The monoisotopic (exact) mass is 344 g/mol. The SMILES string of the molecule is Cl.NCC1CCN(S(=O)(=O)c2ccc(C(F)(F)F)cc2)C1. The summed E-state index contributed by atoms with van der Waals surface area (Å²) in [5, 5.41) is 0. The molecule has 0 bridgehead atoms. The third kappa shape index (κ3) is 3.88. The van der Waals surface area contributed by atoms with Crippen molar-refractivity contribution >= 4 is 22.4 Å².